The summed E-state index contributed by atoms with van der Waals surface area (Å²) in [7, 11) is 2.13. The van der Waals surface area contributed by atoms with Gasteiger partial charge in [0.25, 0.3) is 5.91 Å². The van der Waals surface area contributed by atoms with E-state index in [4.69, 9.17) is 11.6 Å². The van der Waals surface area contributed by atoms with E-state index in [0.717, 1.165) is 37.4 Å². The highest BCUT2D eigenvalue weighted by Gasteiger charge is 2.18. The molecule has 5 heteroatoms. The van der Waals surface area contributed by atoms with Gasteiger partial charge in [-0.15, -0.1) is 12.6 Å². The summed E-state index contributed by atoms with van der Waals surface area (Å²) in [5.41, 5.74) is 0.502. The van der Waals surface area contributed by atoms with Crippen molar-refractivity contribution in [2.75, 3.05) is 26.7 Å². The van der Waals surface area contributed by atoms with E-state index in [1.807, 2.05) is 0 Å². The zero-order chi connectivity index (χ0) is 13.8. The molecule has 0 unspecified atom stereocenters. The number of rotatable bonds is 3. The quantitative estimate of drug-likeness (QED) is 0.841. The monoisotopic (exact) mass is 298 g/mol. The van der Waals surface area contributed by atoms with Crippen LogP contribution in [0.3, 0.4) is 0 Å². The summed E-state index contributed by atoms with van der Waals surface area (Å²) in [6, 6.07) is 5.18. The number of nitrogens with zero attached hydrogens (tertiary/aromatic N) is 1. The third-order valence-electron chi connectivity index (χ3n) is 3.58. The molecule has 3 nitrogen and oxygen atoms in total. The van der Waals surface area contributed by atoms with Crippen LogP contribution in [0.4, 0.5) is 0 Å². The van der Waals surface area contributed by atoms with Gasteiger partial charge < -0.3 is 10.2 Å². The van der Waals surface area contributed by atoms with Crippen molar-refractivity contribution in [3.63, 3.8) is 0 Å². The fraction of sp³-hybridized carbons (Fsp3) is 0.500. The lowest BCUT2D eigenvalue weighted by molar-refractivity contribution is 0.0939. The largest absolute Gasteiger partial charge is 0.352 e. The fourth-order valence-electron chi connectivity index (χ4n) is 2.29. The summed E-state index contributed by atoms with van der Waals surface area (Å²) < 4.78 is 0. The number of likely N-dealkylation sites (tertiary alicyclic amines) is 1. The Kier molecular flexibility index (Phi) is 5.13. The predicted octanol–water partition coefficient (Wildman–Crippen LogP) is 2.70. The highest BCUT2D eigenvalue weighted by atomic mass is 35.5. The zero-order valence-electron chi connectivity index (χ0n) is 11.0. The number of halogens is 1. The van der Waals surface area contributed by atoms with Gasteiger partial charge in [0.15, 0.2) is 0 Å². The van der Waals surface area contributed by atoms with Crippen LogP contribution in [0.1, 0.15) is 23.2 Å². The summed E-state index contributed by atoms with van der Waals surface area (Å²) in [6.45, 7) is 2.93. The van der Waals surface area contributed by atoms with Gasteiger partial charge in [0, 0.05) is 11.4 Å². The fourth-order valence-corrected chi connectivity index (χ4v) is 2.69. The highest BCUT2D eigenvalue weighted by Crippen LogP contribution is 2.20. The number of hydrogen-bond acceptors (Lipinski definition) is 3. The van der Waals surface area contributed by atoms with Crippen LogP contribution in [0.5, 0.6) is 0 Å². The summed E-state index contributed by atoms with van der Waals surface area (Å²) in [5.74, 6) is 0.456. The van der Waals surface area contributed by atoms with Crippen molar-refractivity contribution in [1.29, 1.82) is 0 Å². The molecule has 1 amide bonds. The molecule has 0 aliphatic carbocycles. The van der Waals surface area contributed by atoms with E-state index in [1.165, 1.54) is 0 Å². The van der Waals surface area contributed by atoms with E-state index in [-0.39, 0.29) is 5.91 Å². The molecule has 2 rings (SSSR count). The minimum Gasteiger partial charge on any atom is -0.352 e. The van der Waals surface area contributed by atoms with Gasteiger partial charge in [0.1, 0.15) is 0 Å². The van der Waals surface area contributed by atoms with Gasteiger partial charge in [-0.25, -0.2) is 0 Å². The Morgan fingerprint density at radius 1 is 1.47 bits per heavy atom. The predicted molar refractivity (Wildman–Crippen MR) is 81.3 cm³/mol. The molecule has 1 saturated heterocycles. The highest BCUT2D eigenvalue weighted by molar-refractivity contribution is 7.80. The molecule has 19 heavy (non-hydrogen) atoms. The lowest BCUT2D eigenvalue weighted by Crippen LogP contribution is -2.36. The van der Waals surface area contributed by atoms with Crippen molar-refractivity contribution in [1.82, 2.24) is 10.2 Å². The molecular weight excluding hydrogens is 280 g/mol. The Morgan fingerprint density at radius 2 is 2.16 bits per heavy atom. The van der Waals surface area contributed by atoms with Crippen LogP contribution in [0.25, 0.3) is 0 Å². The van der Waals surface area contributed by atoms with Crippen molar-refractivity contribution in [2.45, 2.75) is 17.7 Å². The molecular formula is C14H19ClN2OS. The van der Waals surface area contributed by atoms with Crippen LogP contribution < -0.4 is 5.32 Å². The Labute approximate surface area is 124 Å². The van der Waals surface area contributed by atoms with Crippen molar-refractivity contribution < 1.29 is 4.79 Å². The number of carbonyl (C=O) groups excluding carboxylic acids is 1. The van der Waals surface area contributed by atoms with Crippen LogP contribution in [-0.4, -0.2) is 37.5 Å². The number of benzene rings is 1. The van der Waals surface area contributed by atoms with Crippen LogP contribution in [0, 0.1) is 5.92 Å². The Morgan fingerprint density at radius 3 is 2.84 bits per heavy atom. The van der Waals surface area contributed by atoms with E-state index in [1.54, 1.807) is 18.2 Å². The van der Waals surface area contributed by atoms with Gasteiger partial charge >= 0.3 is 0 Å². The van der Waals surface area contributed by atoms with Gasteiger partial charge in [-0.1, -0.05) is 11.6 Å². The second-order valence-electron chi connectivity index (χ2n) is 5.12. The third kappa shape index (κ3) is 4.13. The molecule has 0 spiro atoms. The third-order valence-corrected chi connectivity index (χ3v) is 4.19. The first-order valence-electron chi connectivity index (χ1n) is 6.51. The van der Waals surface area contributed by atoms with Gasteiger partial charge in [0.2, 0.25) is 0 Å². The van der Waals surface area contributed by atoms with Gasteiger partial charge in [-0.3, -0.25) is 4.79 Å². The molecule has 1 fully saturated rings. The molecule has 1 N–H and O–H groups in total. The summed E-state index contributed by atoms with van der Waals surface area (Å²) in [4.78, 5) is 15.1. The smallest absolute Gasteiger partial charge is 0.252 e. The Bertz CT molecular complexity index is 459. The van der Waals surface area contributed by atoms with Crippen LogP contribution in [-0.2, 0) is 0 Å². The minimum absolute atomic E-state index is 0.111. The van der Waals surface area contributed by atoms with Crippen molar-refractivity contribution in [3.05, 3.63) is 28.8 Å². The van der Waals surface area contributed by atoms with E-state index >= 15 is 0 Å². The number of nitrogens with one attached hydrogen (secondary N) is 1. The van der Waals surface area contributed by atoms with E-state index in [9.17, 15) is 4.79 Å². The molecule has 0 aromatic heterocycles. The van der Waals surface area contributed by atoms with Gasteiger partial charge in [-0.2, -0.15) is 0 Å². The SMILES string of the molecule is CN1CCC(CNC(=O)c2cc(S)ccc2Cl)CC1. The molecule has 104 valence electrons. The molecule has 1 aromatic rings. The second kappa shape index (κ2) is 6.64. The number of piperidine rings is 1. The first-order valence-corrected chi connectivity index (χ1v) is 7.34. The lowest BCUT2D eigenvalue weighted by Gasteiger charge is -2.28. The number of thiol groups is 1. The maximum atomic E-state index is 12.1. The lowest BCUT2D eigenvalue weighted by atomic mass is 9.97. The molecule has 0 saturated carbocycles. The molecule has 1 aliphatic rings. The maximum Gasteiger partial charge on any atom is 0.252 e. The van der Waals surface area contributed by atoms with Crippen LogP contribution in [0.2, 0.25) is 5.02 Å². The molecule has 1 aromatic carbocycles. The Balaban J connectivity index is 1.89. The zero-order valence-corrected chi connectivity index (χ0v) is 12.7. The number of carbonyl (C=O) groups is 1. The van der Waals surface area contributed by atoms with Crippen LogP contribution in [0.15, 0.2) is 23.1 Å². The Hall–Kier alpha value is -0.710. The van der Waals surface area contributed by atoms with Gasteiger partial charge in [0.05, 0.1) is 10.6 Å². The van der Waals surface area contributed by atoms with Crippen LogP contribution >= 0.6 is 24.2 Å². The van der Waals surface area contributed by atoms with Crippen molar-refractivity contribution in [3.8, 4) is 0 Å². The standard InChI is InChI=1S/C14H19ClN2OS/c1-17-6-4-10(5-7-17)9-16-14(18)12-8-11(19)2-3-13(12)15/h2-3,8,10,19H,4-7,9H2,1H3,(H,16,18). The van der Waals surface area contributed by atoms with E-state index in [0.29, 0.717) is 16.5 Å². The molecule has 1 heterocycles. The number of hydrogen-bond donors (Lipinski definition) is 2. The molecule has 1 aliphatic heterocycles. The first-order chi connectivity index (χ1) is 9.06. The topological polar surface area (TPSA) is 32.3 Å². The second-order valence-corrected chi connectivity index (χ2v) is 6.04. The molecule has 0 bridgehead atoms. The number of amides is 1. The summed E-state index contributed by atoms with van der Waals surface area (Å²) >= 11 is 10.3. The van der Waals surface area contributed by atoms with Crippen molar-refractivity contribution in [2.24, 2.45) is 5.92 Å². The normalized spacial score (nSPS) is 17.4. The van der Waals surface area contributed by atoms with Crippen molar-refractivity contribution >= 4 is 30.1 Å². The summed E-state index contributed by atoms with van der Waals surface area (Å²) in [5, 5.41) is 3.45. The summed E-state index contributed by atoms with van der Waals surface area (Å²) in [6.07, 6.45) is 2.27. The minimum atomic E-state index is -0.111. The van der Waals surface area contributed by atoms with E-state index in [2.05, 4.69) is 29.9 Å². The average Bonchev–Trinajstić information content (AvgIpc) is 2.40. The molecule has 0 radical (unpaired) electrons. The van der Waals surface area contributed by atoms with Gasteiger partial charge in [-0.05, 0) is 57.1 Å². The average molecular weight is 299 g/mol. The molecule has 0 atom stereocenters. The maximum absolute atomic E-state index is 12.1. The first kappa shape index (κ1) is 14.7. The van der Waals surface area contributed by atoms with E-state index < -0.39 is 0 Å².